The molecule has 2 aliphatic heterocycles. The molecule has 0 spiro atoms. The Bertz CT molecular complexity index is 1530. The number of hydrogen-bond acceptors (Lipinski definition) is 2. The average Bonchev–Trinajstić information content (AvgIpc) is 2.97. The van der Waals surface area contributed by atoms with Gasteiger partial charge in [0.25, 0.3) is 0 Å². The summed E-state index contributed by atoms with van der Waals surface area (Å²) in [5, 5.41) is 0. The smallest absolute Gasteiger partial charge is 0.169 e. The third-order valence-corrected chi connectivity index (χ3v) is 9.67. The van der Waals surface area contributed by atoms with Gasteiger partial charge in [0.1, 0.15) is 17.8 Å². The third-order valence-electron chi connectivity index (χ3n) is 9.67. The molecule has 4 aromatic carbocycles. The highest BCUT2D eigenvalue weighted by Crippen LogP contribution is 2.39. The van der Waals surface area contributed by atoms with Gasteiger partial charge in [-0.2, -0.15) is 0 Å². The monoisotopic (exact) mass is 802 g/mol. The Morgan fingerprint density at radius 3 is 1.63 bits per heavy atom. The van der Waals surface area contributed by atoms with Crippen molar-refractivity contribution in [2.75, 3.05) is 48.4 Å². The van der Waals surface area contributed by atoms with E-state index in [1.54, 1.807) is 7.11 Å². The molecule has 0 radical (unpaired) electrons. The van der Waals surface area contributed by atoms with Gasteiger partial charge in [-0.3, -0.25) is 0 Å². The van der Waals surface area contributed by atoms with Crippen molar-refractivity contribution in [3.8, 4) is 17.2 Å². The van der Waals surface area contributed by atoms with Crippen LogP contribution in [0, 0.1) is 0 Å². The lowest BCUT2D eigenvalue weighted by Gasteiger charge is -2.43. The second-order valence-electron chi connectivity index (χ2n) is 13.1. The van der Waals surface area contributed by atoms with Crippen LogP contribution in [0.2, 0.25) is 0 Å². The molecule has 6 rings (SSSR count). The fourth-order valence-electron chi connectivity index (χ4n) is 6.96. The van der Waals surface area contributed by atoms with Gasteiger partial charge >= 0.3 is 0 Å². The molecule has 0 saturated heterocycles. The van der Waals surface area contributed by atoms with Gasteiger partial charge in [-0.1, -0.05) is 66.7 Å². The maximum absolute atomic E-state index is 6.46. The molecule has 0 saturated carbocycles. The molecule has 4 nitrogen and oxygen atoms in total. The highest BCUT2D eigenvalue weighted by molar-refractivity contribution is 5.46. The van der Waals surface area contributed by atoms with Crippen molar-refractivity contribution in [2.24, 2.45) is 0 Å². The Labute approximate surface area is 292 Å². The summed E-state index contributed by atoms with van der Waals surface area (Å²) in [6.45, 7) is 2.32. The Hall–Kier alpha value is -2.14. The van der Waals surface area contributed by atoms with E-state index >= 15 is 0 Å². The van der Waals surface area contributed by atoms with Gasteiger partial charge in [0, 0.05) is 36.8 Å². The summed E-state index contributed by atoms with van der Waals surface area (Å²) in [5.41, 5.74) is 8.55. The van der Waals surface area contributed by atoms with Gasteiger partial charge in [-0.15, -0.1) is 0 Å². The first-order valence-corrected chi connectivity index (χ1v) is 15.0. The number of benzene rings is 4. The number of methoxy groups -OCH3 is 1. The van der Waals surface area contributed by atoms with Crippen LogP contribution in [-0.2, 0) is 25.7 Å². The molecule has 0 N–H and O–H groups in total. The Morgan fingerprint density at radius 1 is 0.605 bits per heavy atom. The number of fused-ring (bicyclic) bond motifs is 2. The summed E-state index contributed by atoms with van der Waals surface area (Å²) in [6, 6.07) is 33.9. The van der Waals surface area contributed by atoms with Crippen molar-refractivity contribution in [3.05, 3.63) is 124 Å². The molecule has 2 unspecified atom stereocenters. The van der Waals surface area contributed by atoms with Crippen molar-refractivity contribution in [1.82, 2.24) is 0 Å². The van der Waals surface area contributed by atoms with Crippen molar-refractivity contribution >= 4 is 0 Å². The lowest BCUT2D eigenvalue weighted by Crippen LogP contribution is -3.00. The predicted molar refractivity (Wildman–Crippen MR) is 167 cm³/mol. The van der Waals surface area contributed by atoms with Gasteiger partial charge in [0.05, 0.1) is 48.4 Å². The van der Waals surface area contributed by atoms with Crippen LogP contribution in [0.4, 0.5) is 0 Å². The highest BCUT2D eigenvalue weighted by Gasteiger charge is 2.36. The van der Waals surface area contributed by atoms with E-state index in [1.165, 1.54) is 39.9 Å². The number of likely N-dealkylation sites (N-methyl/N-ethyl adjacent to an activating group) is 2. The molecular formula is C37H44I2N2O2. The second kappa shape index (κ2) is 13.9. The first-order valence-electron chi connectivity index (χ1n) is 15.0. The third kappa shape index (κ3) is 7.24. The first-order chi connectivity index (χ1) is 19.7. The van der Waals surface area contributed by atoms with Crippen molar-refractivity contribution in [1.29, 1.82) is 0 Å². The van der Waals surface area contributed by atoms with Gasteiger partial charge in [0.15, 0.2) is 11.5 Å². The van der Waals surface area contributed by atoms with E-state index < -0.39 is 0 Å². The minimum Gasteiger partial charge on any atom is -1.00 e. The average molecular weight is 803 g/mol. The second-order valence-corrected chi connectivity index (χ2v) is 13.1. The van der Waals surface area contributed by atoms with Crippen LogP contribution in [-0.4, -0.2) is 57.4 Å². The van der Waals surface area contributed by atoms with E-state index in [0.29, 0.717) is 12.1 Å². The molecule has 0 aromatic heterocycles. The number of nitrogens with zero attached hydrogens (tertiary/aromatic N) is 2. The zero-order valence-corrected chi connectivity index (χ0v) is 30.3. The van der Waals surface area contributed by atoms with Crippen molar-refractivity contribution in [3.63, 3.8) is 0 Å². The normalized spacial score (nSPS) is 19.6. The highest BCUT2D eigenvalue weighted by atomic mass is 127. The van der Waals surface area contributed by atoms with E-state index in [4.69, 9.17) is 9.47 Å². The standard InChI is InChI=1S/C37H44N2O2.2HI/c1-38(2)22-20-29-10-6-8-12-32(29)34(38)24-27-14-17-31(18-15-27)41-37-26-28(16-19-36(37)40-5)25-35-33-13-9-7-11-30(33)21-23-39(35,3)4;;/h6-19,26,34-35H,20-25H2,1-5H3;2*1H/q+2;;/p-2. The minimum atomic E-state index is 0. The molecule has 0 fully saturated rings. The molecule has 2 heterocycles. The fraction of sp³-hybridized carbons (Fsp3) is 0.351. The van der Waals surface area contributed by atoms with E-state index in [0.717, 1.165) is 58.4 Å². The van der Waals surface area contributed by atoms with Gasteiger partial charge in [0.2, 0.25) is 0 Å². The quantitative estimate of drug-likeness (QED) is 0.208. The van der Waals surface area contributed by atoms with E-state index in [1.807, 2.05) is 6.07 Å². The Morgan fingerprint density at radius 2 is 1.09 bits per heavy atom. The van der Waals surface area contributed by atoms with Crippen molar-refractivity contribution in [2.45, 2.75) is 37.8 Å². The number of halogens is 2. The SMILES string of the molecule is COc1ccc(CC2c3ccccc3CC[N+]2(C)C)cc1Oc1ccc(CC2c3ccccc3CC[N+]2(C)C)cc1.[I-].[I-]. The molecule has 2 aliphatic rings. The van der Waals surface area contributed by atoms with Crippen molar-refractivity contribution < 1.29 is 66.4 Å². The molecule has 6 heteroatoms. The Balaban J connectivity index is 0.00000212. The van der Waals surface area contributed by atoms with Crippen LogP contribution in [0.3, 0.4) is 0 Å². The van der Waals surface area contributed by atoms with Crippen LogP contribution in [0.1, 0.15) is 45.5 Å². The Kier molecular flexibility index (Phi) is 10.9. The van der Waals surface area contributed by atoms with E-state index in [2.05, 4.69) is 113 Å². The van der Waals surface area contributed by atoms with Crippen LogP contribution < -0.4 is 57.4 Å². The zero-order valence-electron chi connectivity index (χ0n) is 26.0. The van der Waals surface area contributed by atoms with Gasteiger partial charge < -0.3 is 66.4 Å². The summed E-state index contributed by atoms with van der Waals surface area (Å²) in [4.78, 5) is 0. The molecule has 4 aromatic rings. The molecule has 228 valence electrons. The maximum Gasteiger partial charge on any atom is 0.169 e. The topological polar surface area (TPSA) is 18.5 Å². The number of quaternary nitrogens is 2. The largest absolute Gasteiger partial charge is 1.00 e. The number of rotatable bonds is 7. The van der Waals surface area contributed by atoms with Crippen LogP contribution in [0.5, 0.6) is 17.2 Å². The summed E-state index contributed by atoms with van der Waals surface area (Å²) in [5.74, 6) is 2.36. The number of hydrogen-bond donors (Lipinski definition) is 0. The number of ether oxygens (including phenoxy) is 2. The van der Waals surface area contributed by atoms with Crippen LogP contribution in [0.25, 0.3) is 0 Å². The molecule has 2 atom stereocenters. The van der Waals surface area contributed by atoms with E-state index in [9.17, 15) is 0 Å². The predicted octanol–water partition coefficient (Wildman–Crippen LogP) is 1.33. The zero-order chi connectivity index (χ0) is 28.6. The molecular weight excluding hydrogens is 758 g/mol. The molecule has 0 amide bonds. The molecule has 43 heavy (non-hydrogen) atoms. The summed E-state index contributed by atoms with van der Waals surface area (Å²) < 4.78 is 14.2. The van der Waals surface area contributed by atoms with Gasteiger partial charge in [-0.25, -0.2) is 0 Å². The summed E-state index contributed by atoms with van der Waals surface area (Å²) in [6.07, 6.45) is 4.26. The maximum atomic E-state index is 6.46. The van der Waals surface area contributed by atoms with Gasteiger partial charge in [-0.05, 0) is 46.5 Å². The summed E-state index contributed by atoms with van der Waals surface area (Å²) >= 11 is 0. The molecule has 0 bridgehead atoms. The minimum absolute atomic E-state index is 0. The summed E-state index contributed by atoms with van der Waals surface area (Å²) in [7, 11) is 11.2. The van der Waals surface area contributed by atoms with Crippen LogP contribution >= 0.6 is 0 Å². The molecule has 0 aliphatic carbocycles. The fourth-order valence-corrected chi connectivity index (χ4v) is 6.96. The lowest BCUT2D eigenvalue weighted by atomic mass is 9.87. The van der Waals surface area contributed by atoms with E-state index in [-0.39, 0.29) is 48.0 Å². The first kappa shape index (κ1) is 33.7. The van der Waals surface area contributed by atoms with Crippen LogP contribution in [0.15, 0.2) is 91.0 Å². The lowest BCUT2D eigenvalue weighted by molar-refractivity contribution is -0.923.